The number of benzene rings is 3. The van der Waals surface area contributed by atoms with Crippen molar-refractivity contribution in [1.82, 2.24) is 0 Å². The Morgan fingerprint density at radius 1 is 1.04 bits per heavy atom. The summed E-state index contributed by atoms with van der Waals surface area (Å²) >= 11 is 12.1. The quantitative estimate of drug-likeness (QED) is 0.538. The summed E-state index contributed by atoms with van der Waals surface area (Å²) in [5.41, 5.74) is 0.551. The number of phenolic OH excluding ortho intramolecular Hbond substituents is 1. The molecule has 0 heterocycles. The lowest BCUT2D eigenvalue weighted by Gasteiger charge is -2.10. The topological polar surface area (TPSA) is 46.5 Å². The van der Waals surface area contributed by atoms with E-state index in [-0.39, 0.29) is 12.0 Å². The molecule has 0 aliphatic carbocycles. The first-order valence-electron chi connectivity index (χ1n) is 7.66. The number of carbonyl (C=O) groups is 1. The van der Waals surface area contributed by atoms with Crippen molar-refractivity contribution in [2.45, 2.75) is 6.42 Å². The van der Waals surface area contributed by atoms with Gasteiger partial charge in [0, 0.05) is 11.4 Å². The summed E-state index contributed by atoms with van der Waals surface area (Å²) in [5, 5.41) is 10.6. The van der Waals surface area contributed by atoms with E-state index in [1.54, 1.807) is 42.5 Å². The van der Waals surface area contributed by atoms with Gasteiger partial charge in [0.15, 0.2) is 17.3 Å². The molecule has 3 aromatic carbocycles. The van der Waals surface area contributed by atoms with Crippen LogP contribution in [0.4, 0.5) is 4.39 Å². The van der Waals surface area contributed by atoms with Crippen molar-refractivity contribution in [2.24, 2.45) is 0 Å². The van der Waals surface area contributed by atoms with Crippen LogP contribution in [-0.4, -0.2) is 10.9 Å². The van der Waals surface area contributed by atoms with E-state index in [9.17, 15) is 14.3 Å². The first-order chi connectivity index (χ1) is 12.4. The second-order valence-corrected chi connectivity index (χ2v) is 6.40. The van der Waals surface area contributed by atoms with Crippen LogP contribution in [0.5, 0.6) is 17.2 Å². The van der Waals surface area contributed by atoms with Gasteiger partial charge in [0.1, 0.15) is 11.5 Å². The number of hydrogen-bond acceptors (Lipinski definition) is 3. The maximum absolute atomic E-state index is 13.4. The lowest BCUT2D eigenvalue weighted by Crippen LogP contribution is -2.04. The standard InChI is InChI=1S/C20H13Cl2FO3/c21-13-5-7-14(8-6-13)26-19-9-4-12(10-16(19)22)11-18(24)15-2-1-3-17(23)20(15)25/h1-10,25H,11H2. The molecule has 0 aliphatic heterocycles. The molecule has 132 valence electrons. The number of Topliss-reactive ketones (excluding diaryl/α,β-unsaturated/α-hetero) is 1. The minimum atomic E-state index is -0.833. The van der Waals surface area contributed by atoms with Crippen molar-refractivity contribution in [2.75, 3.05) is 0 Å². The molecule has 0 atom stereocenters. The lowest BCUT2D eigenvalue weighted by molar-refractivity contribution is 0.0989. The van der Waals surface area contributed by atoms with Crippen LogP contribution >= 0.6 is 23.2 Å². The molecule has 3 aromatic rings. The third-order valence-electron chi connectivity index (χ3n) is 3.69. The van der Waals surface area contributed by atoms with E-state index in [0.29, 0.717) is 27.1 Å². The highest BCUT2D eigenvalue weighted by Crippen LogP contribution is 2.31. The number of ketones is 1. The number of hydrogen-bond donors (Lipinski definition) is 1. The minimum Gasteiger partial charge on any atom is -0.504 e. The molecule has 6 heteroatoms. The Kier molecular flexibility index (Phi) is 5.45. The summed E-state index contributed by atoms with van der Waals surface area (Å²) in [7, 11) is 0. The number of carbonyl (C=O) groups excluding carboxylic acids is 1. The zero-order valence-corrected chi connectivity index (χ0v) is 14.9. The van der Waals surface area contributed by atoms with Gasteiger partial charge in [0.2, 0.25) is 0 Å². The minimum absolute atomic E-state index is 0.0298. The van der Waals surface area contributed by atoms with Crippen LogP contribution in [0.25, 0.3) is 0 Å². The Bertz CT molecular complexity index is 956. The van der Waals surface area contributed by atoms with Crippen LogP contribution in [0.2, 0.25) is 10.0 Å². The smallest absolute Gasteiger partial charge is 0.171 e. The largest absolute Gasteiger partial charge is 0.504 e. The van der Waals surface area contributed by atoms with Crippen LogP contribution < -0.4 is 4.74 Å². The van der Waals surface area contributed by atoms with Gasteiger partial charge in [-0.05, 0) is 54.1 Å². The molecule has 0 saturated heterocycles. The second kappa shape index (κ2) is 7.77. The summed E-state index contributed by atoms with van der Waals surface area (Å²) in [4.78, 5) is 12.3. The molecule has 0 spiro atoms. The molecule has 0 unspecified atom stereocenters. The van der Waals surface area contributed by atoms with Crippen molar-refractivity contribution in [3.8, 4) is 17.2 Å². The van der Waals surface area contributed by atoms with Crippen LogP contribution in [0.3, 0.4) is 0 Å². The number of rotatable bonds is 5. The fourth-order valence-electron chi connectivity index (χ4n) is 2.39. The van der Waals surface area contributed by atoms with E-state index in [2.05, 4.69) is 0 Å². The predicted octanol–water partition coefficient (Wildman–Crippen LogP) is 6.06. The van der Waals surface area contributed by atoms with Gasteiger partial charge in [-0.15, -0.1) is 0 Å². The van der Waals surface area contributed by atoms with Gasteiger partial charge < -0.3 is 9.84 Å². The van der Waals surface area contributed by atoms with E-state index in [1.165, 1.54) is 12.1 Å². The summed E-state index contributed by atoms with van der Waals surface area (Å²) in [6, 6.07) is 15.6. The van der Waals surface area contributed by atoms with Gasteiger partial charge >= 0.3 is 0 Å². The maximum Gasteiger partial charge on any atom is 0.171 e. The Balaban J connectivity index is 1.76. The number of halogens is 3. The summed E-state index contributed by atoms with van der Waals surface area (Å²) in [5.74, 6) is -0.889. The highest BCUT2D eigenvalue weighted by atomic mass is 35.5. The molecule has 0 fully saturated rings. The lowest BCUT2D eigenvalue weighted by atomic mass is 10.0. The van der Waals surface area contributed by atoms with Crippen LogP contribution in [-0.2, 0) is 6.42 Å². The van der Waals surface area contributed by atoms with Gasteiger partial charge in [0.05, 0.1) is 10.6 Å². The molecule has 1 N–H and O–H groups in total. The first kappa shape index (κ1) is 18.2. The molecule has 0 aliphatic rings. The highest BCUT2D eigenvalue weighted by molar-refractivity contribution is 6.32. The van der Waals surface area contributed by atoms with Gasteiger partial charge in [-0.3, -0.25) is 4.79 Å². The van der Waals surface area contributed by atoms with Crippen molar-refractivity contribution >= 4 is 29.0 Å². The van der Waals surface area contributed by atoms with Crippen molar-refractivity contribution in [3.05, 3.63) is 87.7 Å². The van der Waals surface area contributed by atoms with E-state index < -0.39 is 17.3 Å². The average molecular weight is 391 g/mol. The molecular weight excluding hydrogens is 378 g/mol. The number of aromatic hydroxyl groups is 1. The Labute approximate surface area is 159 Å². The van der Waals surface area contributed by atoms with Crippen molar-refractivity contribution in [1.29, 1.82) is 0 Å². The molecule has 3 nitrogen and oxygen atoms in total. The van der Waals surface area contributed by atoms with Crippen LogP contribution in [0, 0.1) is 5.82 Å². The molecule has 0 bridgehead atoms. The van der Waals surface area contributed by atoms with Gasteiger partial charge in [0.25, 0.3) is 0 Å². The van der Waals surface area contributed by atoms with Crippen LogP contribution in [0.1, 0.15) is 15.9 Å². The first-order valence-corrected chi connectivity index (χ1v) is 8.42. The maximum atomic E-state index is 13.4. The average Bonchev–Trinajstić information content (AvgIpc) is 2.61. The van der Waals surface area contributed by atoms with Crippen molar-refractivity contribution < 1.29 is 19.0 Å². The predicted molar refractivity (Wildman–Crippen MR) is 99.1 cm³/mol. The third-order valence-corrected chi connectivity index (χ3v) is 4.24. The fourth-order valence-corrected chi connectivity index (χ4v) is 2.76. The Morgan fingerprint density at radius 3 is 2.46 bits per heavy atom. The van der Waals surface area contributed by atoms with E-state index in [0.717, 1.165) is 6.07 Å². The van der Waals surface area contributed by atoms with Gasteiger partial charge in [-0.2, -0.15) is 0 Å². The van der Waals surface area contributed by atoms with Gasteiger partial charge in [-0.25, -0.2) is 4.39 Å². The Hall–Kier alpha value is -2.56. The summed E-state index contributed by atoms with van der Waals surface area (Å²) < 4.78 is 19.1. The number of ether oxygens (including phenoxy) is 1. The molecular formula is C20H13Cl2FO3. The summed E-state index contributed by atoms with van der Waals surface area (Å²) in [6.07, 6.45) is -0.0298. The molecule has 0 radical (unpaired) electrons. The van der Waals surface area contributed by atoms with E-state index >= 15 is 0 Å². The SMILES string of the molecule is O=C(Cc1ccc(Oc2ccc(Cl)cc2)c(Cl)c1)c1cccc(F)c1O. The normalized spacial score (nSPS) is 10.6. The second-order valence-electron chi connectivity index (χ2n) is 5.56. The van der Waals surface area contributed by atoms with Crippen molar-refractivity contribution in [3.63, 3.8) is 0 Å². The van der Waals surface area contributed by atoms with Gasteiger partial charge in [-0.1, -0.05) is 35.3 Å². The monoisotopic (exact) mass is 390 g/mol. The number of para-hydroxylation sites is 1. The van der Waals surface area contributed by atoms with Crippen LogP contribution in [0.15, 0.2) is 60.7 Å². The molecule has 0 saturated carbocycles. The zero-order chi connectivity index (χ0) is 18.7. The van der Waals surface area contributed by atoms with E-state index in [4.69, 9.17) is 27.9 Å². The number of phenols is 1. The molecule has 0 amide bonds. The molecule has 3 rings (SSSR count). The zero-order valence-electron chi connectivity index (χ0n) is 13.4. The highest BCUT2D eigenvalue weighted by Gasteiger charge is 2.15. The fraction of sp³-hybridized carbons (Fsp3) is 0.0500. The third kappa shape index (κ3) is 4.15. The Morgan fingerprint density at radius 2 is 1.77 bits per heavy atom. The summed E-state index contributed by atoms with van der Waals surface area (Å²) in [6.45, 7) is 0. The van der Waals surface area contributed by atoms with E-state index in [1.807, 2.05) is 0 Å². The molecule has 26 heavy (non-hydrogen) atoms. The molecule has 0 aromatic heterocycles.